The van der Waals surface area contributed by atoms with Crippen LogP contribution in [0.25, 0.3) is 0 Å². The van der Waals surface area contributed by atoms with Crippen LogP contribution in [0.1, 0.15) is 46.8 Å². The molecule has 0 saturated heterocycles. The van der Waals surface area contributed by atoms with Crippen LogP contribution in [0, 0.1) is 16.6 Å². The number of amidine groups is 1. The van der Waals surface area contributed by atoms with E-state index in [1.165, 1.54) is 23.5 Å². The summed E-state index contributed by atoms with van der Waals surface area (Å²) in [6.07, 6.45) is 2.98. The van der Waals surface area contributed by atoms with E-state index in [0.717, 1.165) is 30.1 Å². The van der Waals surface area contributed by atoms with Crippen LogP contribution in [0.3, 0.4) is 0 Å². The summed E-state index contributed by atoms with van der Waals surface area (Å²) in [6.45, 7) is 3.93. The quantitative estimate of drug-likeness (QED) is 0.240. The van der Waals surface area contributed by atoms with Crippen molar-refractivity contribution in [2.45, 2.75) is 33.1 Å². The van der Waals surface area contributed by atoms with Crippen LogP contribution < -0.4 is 10.5 Å². The lowest BCUT2D eigenvalue weighted by molar-refractivity contribution is -0.116. The Hall–Kier alpha value is -2.54. The fourth-order valence-corrected chi connectivity index (χ4v) is 3.58. The molecule has 5 nitrogen and oxygen atoms in total. The van der Waals surface area contributed by atoms with Gasteiger partial charge in [-0.25, -0.2) is 9.18 Å². The molecule has 0 unspecified atom stereocenters. The van der Waals surface area contributed by atoms with Crippen LogP contribution in [-0.4, -0.2) is 18.1 Å². The smallest absolute Gasteiger partial charge is 0.353 e. The van der Waals surface area contributed by atoms with Gasteiger partial charge in [0.15, 0.2) is 11.6 Å². The number of hydrogen-bond acceptors (Lipinski definition) is 5. The second kappa shape index (κ2) is 8.23. The average molecular weight is 376 g/mol. The topological polar surface area (TPSA) is 93.2 Å². The van der Waals surface area contributed by atoms with E-state index in [0.29, 0.717) is 11.3 Å². The summed E-state index contributed by atoms with van der Waals surface area (Å²) >= 11 is 1.24. The van der Waals surface area contributed by atoms with E-state index in [9.17, 15) is 14.0 Å². The van der Waals surface area contributed by atoms with Gasteiger partial charge in [0.25, 0.3) is 0 Å². The zero-order valence-corrected chi connectivity index (χ0v) is 15.5. The third-order valence-corrected chi connectivity index (χ3v) is 5.56. The molecule has 0 saturated carbocycles. The van der Waals surface area contributed by atoms with Gasteiger partial charge in [-0.05, 0) is 49.6 Å². The Labute approximate surface area is 155 Å². The number of halogens is 1. The van der Waals surface area contributed by atoms with Gasteiger partial charge >= 0.3 is 5.97 Å². The molecule has 3 N–H and O–H groups in total. The van der Waals surface area contributed by atoms with Crippen molar-refractivity contribution in [3.05, 3.63) is 51.5 Å². The van der Waals surface area contributed by atoms with E-state index in [-0.39, 0.29) is 17.1 Å². The van der Waals surface area contributed by atoms with Crippen molar-refractivity contribution < 1.29 is 18.7 Å². The monoisotopic (exact) mass is 376 g/mol. The van der Waals surface area contributed by atoms with E-state index >= 15 is 0 Å². The minimum atomic E-state index is -0.764. The highest BCUT2D eigenvalue weighted by atomic mass is 32.1. The summed E-state index contributed by atoms with van der Waals surface area (Å²) in [7, 11) is 0. The van der Waals surface area contributed by atoms with Gasteiger partial charge in [-0.2, -0.15) is 0 Å². The van der Waals surface area contributed by atoms with E-state index in [1.807, 2.05) is 13.8 Å². The lowest BCUT2D eigenvalue weighted by Crippen LogP contribution is -2.23. The van der Waals surface area contributed by atoms with E-state index in [2.05, 4.69) is 0 Å². The molecule has 1 aromatic carbocycles. The maximum Gasteiger partial charge on any atom is 0.353 e. The van der Waals surface area contributed by atoms with Gasteiger partial charge in [-0.15, -0.1) is 11.3 Å². The summed E-state index contributed by atoms with van der Waals surface area (Å²) in [6, 6.07) is 7.13. The maximum absolute atomic E-state index is 14.0. The predicted molar refractivity (Wildman–Crippen MR) is 99.5 cm³/mol. The molecule has 0 radical (unpaired) electrons. The lowest BCUT2D eigenvalue weighted by Gasteiger charge is -2.23. The molecule has 0 aliphatic rings. The van der Waals surface area contributed by atoms with E-state index in [1.54, 1.807) is 12.1 Å². The number of thiophene rings is 1. The highest BCUT2D eigenvalue weighted by Gasteiger charge is 2.27. The predicted octanol–water partition coefficient (Wildman–Crippen LogP) is 3.94. The number of carbonyl (C=O) groups excluding carboxylic acids is 2. The Morgan fingerprint density at radius 2 is 2.00 bits per heavy atom. The molecule has 7 heteroatoms. The van der Waals surface area contributed by atoms with Crippen LogP contribution in [0.5, 0.6) is 5.75 Å². The molecule has 138 valence electrons. The Bertz CT molecular complexity index is 828. The molecule has 26 heavy (non-hydrogen) atoms. The number of benzene rings is 1. The molecule has 1 heterocycles. The van der Waals surface area contributed by atoms with Crippen molar-refractivity contribution >= 4 is 29.4 Å². The summed E-state index contributed by atoms with van der Waals surface area (Å²) in [5, 5.41) is 7.28. The molecular weight excluding hydrogens is 355 g/mol. The van der Waals surface area contributed by atoms with Gasteiger partial charge in [-0.1, -0.05) is 13.8 Å². The van der Waals surface area contributed by atoms with Crippen LogP contribution in [0.2, 0.25) is 0 Å². The number of nitrogens with two attached hydrogens (primary N) is 1. The number of rotatable bonds is 8. The zero-order chi connectivity index (χ0) is 19.3. The standard InChI is InChI=1S/C19H21FN2O3S/c1-3-19(4-2,11-23)10-13-6-8-16(26-13)18(24)25-15-7-5-12(17(21)22)9-14(15)20/h5-9,11H,3-4,10H2,1-2H3,(H3,21,22). The highest BCUT2D eigenvalue weighted by Crippen LogP contribution is 2.32. The number of aldehydes is 1. The SMILES string of the molecule is CCC(C=O)(CC)Cc1ccc(C(=O)Oc2ccc(C(=N)N)cc2F)s1. The fraction of sp³-hybridized carbons (Fsp3) is 0.316. The van der Waals surface area contributed by atoms with Crippen LogP contribution in [-0.2, 0) is 11.2 Å². The Kier molecular flexibility index (Phi) is 6.26. The average Bonchev–Trinajstić information content (AvgIpc) is 3.09. The summed E-state index contributed by atoms with van der Waals surface area (Å²) in [5.74, 6) is -1.92. The number of carbonyl (C=O) groups is 2. The van der Waals surface area contributed by atoms with Gasteiger partial charge in [-0.3, -0.25) is 5.41 Å². The third-order valence-electron chi connectivity index (χ3n) is 4.49. The maximum atomic E-state index is 14.0. The minimum absolute atomic E-state index is 0.213. The molecule has 0 aliphatic heterocycles. The van der Waals surface area contributed by atoms with Gasteiger partial charge in [0, 0.05) is 15.9 Å². The van der Waals surface area contributed by atoms with Gasteiger partial charge in [0.1, 0.15) is 17.0 Å². The van der Waals surface area contributed by atoms with E-state index in [4.69, 9.17) is 15.9 Å². The second-order valence-corrected chi connectivity index (χ2v) is 7.25. The van der Waals surface area contributed by atoms with Crippen LogP contribution in [0.15, 0.2) is 30.3 Å². The highest BCUT2D eigenvalue weighted by molar-refractivity contribution is 7.13. The van der Waals surface area contributed by atoms with Crippen molar-refractivity contribution in [3.63, 3.8) is 0 Å². The van der Waals surface area contributed by atoms with Gasteiger partial charge in [0.2, 0.25) is 0 Å². The van der Waals surface area contributed by atoms with E-state index < -0.39 is 17.2 Å². The first-order valence-corrected chi connectivity index (χ1v) is 9.07. The zero-order valence-electron chi connectivity index (χ0n) is 14.7. The number of hydrogen-bond donors (Lipinski definition) is 2. The first-order valence-electron chi connectivity index (χ1n) is 8.25. The van der Waals surface area contributed by atoms with Crippen molar-refractivity contribution in [1.82, 2.24) is 0 Å². The molecule has 0 atom stereocenters. The fourth-order valence-electron chi connectivity index (χ4n) is 2.54. The third kappa shape index (κ3) is 4.35. The second-order valence-electron chi connectivity index (χ2n) is 6.08. The molecule has 0 fully saturated rings. The van der Waals surface area contributed by atoms with Crippen molar-refractivity contribution in [1.29, 1.82) is 5.41 Å². The summed E-state index contributed by atoms with van der Waals surface area (Å²) in [4.78, 5) is 24.9. The molecule has 0 bridgehead atoms. The molecule has 0 spiro atoms. The lowest BCUT2D eigenvalue weighted by atomic mass is 9.80. The Morgan fingerprint density at radius 1 is 1.31 bits per heavy atom. The van der Waals surface area contributed by atoms with Gasteiger partial charge in [0.05, 0.1) is 0 Å². The first-order chi connectivity index (χ1) is 12.3. The van der Waals surface area contributed by atoms with Crippen molar-refractivity contribution in [3.8, 4) is 5.75 Å². The molecule has 1 aromatic heterocycles. The minimum Gasteiger partial charge on any atom is -0.419 e. The summed E-state index contributed by atoms with van der Waals surface area (Å²) in [5.41, 5.74) is 5.08. The molecule has 2 aromatic rings. The van der Waals surface area contributed by atoms with Gasteiger partial charge < -0.3 is 15.3 Å². The number of ether oxygens (including phenoxy) is 1. The largest absolute Gasteiger partial charge is 0.419 e. The Balaban J connectivity index is 2.13. The number of esters is 1. The molecule has 2 rings (SSSR count). The number of nitrogens with one attached hydrogen (secondary N) is 1. The van der Waals surface area contributed by atoms with Crippen LogP contribution >= 0.6 is 11.3 Å². The van der Waals surface area contributed by atoms with Crippen molar-refractivity contribution in [2.75, 3.05) is 0 Å². The molecule has 0 aliphatic carbocycles. The van der Waals surface area contributed by atoms with Crippen molar-refractivity contribution in [2.24, 2.45) is 11.1 Å². The number of nitrogen functional groups attached to an aromatic ring is 1. The normalized spacial score (nSPS) is 11.2. The molecule has 0 amide bonds. The van der Waals surface area contributed by atoms with Crippen LogP contribution in [0.4, 0.5) is 4.39 Å². The molecular formula is C19H21FN2O3S. The Morgan fingerprint density at radius 3 is 2.54 bits per heavy atom. The first kappa shape index (κ1) is 19.8. The summed E-state index contributed by atoms with van der Waals surface area (Å²) < 4.78 is 19.1.